The Balaban J connectivity index is 2.89. The van der Waals surface area contributed by atoms with Crippen molar-refractivity contribution in [1.82, 2.24) is 5.32 Å². The average molecular weight is 279 g/mol. The van der Waals surface area contributed by atoms with Crippen LogP contribution in [0, 0.1) is 16.0 Å². The van der Waals surface area contributed by atoms with Crippen LogP contribution in [-0.4, -0.2) is 22.9 Å². The number of nitrogens with one attached hydrogen (secondary N) is 1. The largest absolute Gasteiger partial charge is 0.346 e. The Labute approximate surface area is 118 Å². The SMILES string of the molecule is CC(C)CC(C)(CN)NC(=O)c1cccc([N+](=O)[O-])c1. The first kappa shape index (κ1) is 16.1. The molecule has 0 aromatic heterocycles. The van der Waals surface area contributed by atoms with E-state index in [1.54, 1.807) is 6.07 Å². The minimum atomic E-state index is -0.521. The minimum Gasteiger partial charge on any atom is -0.346 e. The van der Waals surface area contributed by atoms with E-state index in [1.807, 2.05) is 20.8 Å². The van der Waals surface area contributed by atoms with Crippen LogP contribution in [0.2, 0.25) is 0 Å². The minimum absolute atomic E-state index is 0.101. The van der Waals surface area contributed by atoms with E-state index in [4.69, 9.17) is 5.73 Å². The van der Waals surface area contributed by atoms with Crippen LogP contribution in [0.25, 0.3) is 0 Å². The number of nitro benzene ring substituents is 1. The van der Waals surface area contributed by atoms with E-state index in [-0.39, 0.29) is 17.2 Å². The van der Waals surface area contributed by atoms with Crippen LogP contribution in [0.1, 0.15) is 37.6 Å². The zero-order chi connectivity index (χ0) is 15.3. The molecule has 0 radical (unpaired) electrons. The van der Waals surface area contributed by atoms with E-state index in [2.05, 4.69) is 5.32 Å². The number of hydrogen-bond acceptors (Lipinski definition) is 4. The number of carbonyl (C=O) groups excluding carboxylic acids is 1. The summed E-state index contributed by atoms with van der Waals surface area (Å²) in [6, 6.07) is 5.67. The molecule has 1 aromatic carbocycles. The molecule has 0 fully saturated rings. The lowest BCUT2D eigenvalue weighted by molar-refractivity contribution is -0.384. The first-order valence-corrected chi connectivity index (χ1v) is 6.54. The van der Waals surface area contributed by atoms with Gasteiger partial charge in [0.15, 0.2) is 0 Å². The highest BCUT2D eigenvalue weighted by Crippen LogP contribution is 2.18. The number of nitrogens with two attached hydrogens (primary N) is 1. The van der Waals surface area contributed by atoms with Crippen LogP contribution >= 0.6 is 0 Å². The molecular weight excluding hydrogens is 258 g/mol. The molecule has 1 unspecified atom stereocenters. The summed E-state index contributed by atoms with van der Waals surface area (Å²) in [7, 11) is 0. The first-order chi connectivity index (χ1) is 9.27. The van der Waals surface area contributed by atoms with Gasteiger partial charge in [0.1, 0.15) is 0 Å². The second kappa shape index (κ2) is 6.47. The Morgan fingerprint density at radius 3 is 2.65 bits per heavy atom. The van der Waals surface area contributed by atoms with Gasteiger partial charge in [0, 0.05) is 29.8 Å². The van der Waals surface area contributed by atoms with Gasteiger partial charge in [-0.15, -0.1) is 0 Å². The topological polar surface area (TPSA) is 98.3 Å². The molecule has 0 aliphatic carbocycles. The summed E-state index contributed by atoms with van der Waals surface area (Å²) >= 11 is 0. The van der Waals surface area contributed by atoms with E-state index in [9.17, 15) is 14.9 Å². The van der Waals surface area contributed by atoms with E-state index < -0.39 is 10.5 Å². The Hall–Kier alpha value is -1.95. The van der Waals surface area contributed by atoms with Crippen LogP contribution in [0.5, 0.6) is 0 Å². The number of benzene rings is 1. The number of nitrogens with zero attached hydrogens (tertiary/aromatic N) is 1. The van der Waals surface area contributed by atoms with Gasteiger partial charge in [0.25, 0.3) is 11.6 Å². The normalized spacial score (nSPS) is 13.8. The highest BCUT2D eigenvalue weighted by molar-refractivity contribution is 5.95. The molecule has 0 saturated heterocycles. The summed E-state index contributed by atoms with van der Waals surface area (Å²) in [5.41, 5.74) is 5.38. The van der Waals surface area contributed by atoms with Gasteiger partial charge in [-0.3, -0.25) is 14.9 Å². The molecule has 0 aliphatic rings. The number of carbonyl (C=O) groups is 1. The number of non-ortho nitro benzene ring substituents is 1. The maximum absolute atomic E-state index is 12.2. The zero-order valence-electron chi connectivity index (χ0n) is 12.1. The molecule has 1 atom stereocenters. The summed E-state index contributed by atoms with van der Waals surface area (Å²) in [4.78, 5) is 22.4. The van der Waals surface area contributed by atoms with Crippen molar-refractivity contribution in [1.29, 1.82) is 0 Å². The van der Waals surface area contributed by atoms with Crippen molar-refractivity contribution >= 4 is 11.6 Å². The number of rotatable bonds is 6. The third kappa shape index (κ3) is 4.31. The van der Waals surface area contributed by atoms with Crippen molar-refractivity contribution in [3.8, 4) is 0 Å². The molecule has 1 amide bonds. The van der Waals surface area contributed by atoms with Gasteiger partial charge >= 0.3 is 0 Å². The Kier molecular flexibility index (Phi) is 5.21. The molecule has 0 bridgehead atoms. The predicted molar refractivity (Wildman–Crippen MR) is 77.5 cm³/mol. The highest BCUT2D eigenvalue weighted by Gasteiger charge is 2.26. The molecule has 3 N–H and O–H groups in total. The van der Waals surface area contributed by atoms with Crippen LogP contribution in [-0.2, 0) is 0 Å². The van der Waals surface area contributed by atoms with Crippen molar-refractivity contribution in [3.05, 3.63) is 39.9 Å². The van der Waals surface area contributed by atoms with Crippen LogP contribution in [0.4, 0.5) is 5.69 Å². The number of hydrogen-bond donors (Lipinski definition) is 2. The van der Waals surface area contributed by atoms with Crippen LogP contribution in [0.3, 0.4) is 0 Å². The Morgan fingerprint density at radius 1 is 1.50 bits per heavy atom. The summed E-state index contributed by atoms with van der Waals surface area (Å²) in [5.74, 6) is 0.0382. The Morgan fingerprint density at radius 2 is 2.15 bits per heavy atom. The van der Waals surface area contributed by atoms with Gasteiger partial charge in [-0.2, -0.15) is 0 Å². The van der Waals surface area contributed by atoms with E-state index in [0.717, 1.165) is 6.42 Å². The monoisotopic (exact) mass is 279 g/mol. The molecule has 6 nitrogen and oxygen atoms in total. The molecule has 0 aliphatic heterocycles. The van der Waals surface area contributed by atoms with E-state index in [1.165, 1.54) is 18.2 Å². The fourth-order valence-corrected chi connectivity index (χ4v) is 2.19. The predicted octanol–water partition coefficient (Wildman–Crippen LogP) is 2.09. The lowest BCUT2D eigenvalue weighted by atomic mass is 9.90. The quantitative estimate of drug-likeness (QED) is 0.615. The van der Waals surface area contributed by atoms with Crippen molar-refractivity contribution in [2.45, 2.75) is 32.7 Å². The van der Waals surface area contributed by atoms with Crippen molar-refractivity contribution in [3.63, 3.8) is 0 Å². The molecular formula is C14H21N3O3. The lowest BCUT2D eigenvalue weighted by Crippen LogP contribution is -2.52. The van der Waals surface area contributed by atoms with Gasteiger partial charge in [-0.1, -0.05) is 19.9 Å². The lowest BCUT2D eigenvalue weighted by Gasteiger charge is -2.31. The maximum atomic E-state index is 12.2. The van der Waals surface area contributed by atoms with Crippen LogP contribution < -0.4 is 11.1 Å². The fourth-order valence-electron chi connectivity index (χ4n) is 2.19. The third-order valence-corrected chi connectivity index (χ3v) is 3.04. The molecule has 1 rings (SSSR count). The van der Waals surface area contributed by atoms with Crippen molar-refractivity contribution < 1.29 is 9.72 Å². The van der Waals surface area contributed by atoms with Crippen LogP contribution in [0.15, 0.2) is 24.3 Å². The molecule has 1 aromatic rings. The second-order valence-corrected chi connectivity index (χ2v) is 5.62. The fraction of sp³-hybridized carbons (Fsp3) is 0.500. The average Bonchev–Trinajstić information content (AvgIpc) is 2.37. The molecule has 0 spiro atoms. The zero-order valence-corrected chi connectivity index (χ0v) is 12.1. The second-order valence-electron chi connectivity index (χ2n) is 5.62. The first-order valence-electron chi connectivity index (χ1n) is 6.54. The van der Waals surface area contributed by atoms with E-state index >= 15 is 0 Å². The molecule has 0 saturated carbocycles. The summed E-state index contributed by atoms with van der Waals surface area (Å²) in [6.45, 7) is 6.29. The summed E-state index contributed by atoms with van der Waals surface area (Å²) in [6.07, 6.45) is 0.740. The Bertz CT molecular complexity index is 502. The number of nitro groups is 1. The molecule has 110 valence electrons. The van der Waals surface area contributed by atoms with Gasteiger partial charge < -0.3 is 11.1 Å². The van der Waals surface area contributed by atoms with Gasteiger partial charge in [-0.05, 0) is 25.3 Å². The maximum Gasteiger partial charge on any atom is 0.270 e. The van der Waals surface area contributed by atoms with Crippen molar-refractivity contribution in [2.75, 3.05) is 6.54 Å². The molecule has 6 heteroatoms. The van der Waals surface area contributed by atoms with Gasteiger partial charge in [-0.25, -0.2) is 0 Å². The highest BCUT2D eigenvalue weighted by atomic mass is 16.6. The molecule has 0 heterocycles. The summed E-state index contributed by atoms with van der Waals surface area (Å²) in [5, 5.41) is 13.6. The summed E-state index contributed by atoms with van der Waals surface area (Å²) < 4.78 is 0. The van der Waals surface area contributed by atoms with E-state index in [0.29, 0.717) is 12.5 Å². The third-order valence-electron chi connectivity index (χ3n) is 3.04. The smallest absolute Gasteiger partial charge is 0.270 e. The number of amides is 1. The van der Waals surface area contributed by atoms with Gasteiger partial charge in [0.2, 0.25) is 0 Å². The van der Waals surface area contributed by atoms with Gasteiger partial charge in [0.05, 0.1) is 4.92 Å². The standard InChI is InChI=1S/C14H21N3O3/c1-10(2)8-14(3,9-15)16-13(18)11-5-4-6-12(7-11)17(19)20/h4-7,10H,8-9,15H2,1-3H3,(H,16,18). The molecule has 20 heavy (non-hydrogen) atoms. The van der Waals surface area contributed by atoms with Crippen molar-refractivity contribution in [2.24, 2.45) is 11.7 Å².